The number of aromatic nitrogens is 2. The van der Waals surface area contributed by atoms with Gasteiger partial charge in [-0.2, -0.15) is 4.98 Å². The fraction of sp³-hybridized carbons (Fsp3) is 0.286. The number of benzene rings is 2. The number of anilines is 1. The molecular formula is C21H18F3N3O3. The zero-order valence-corrected chi connectivity index (χ0v) is 16.0. The van der Waals surface area contributed by atoms with Gasteiger partial charge in [-0.25, -0.2) is 0 Å². The average Bonchev–Trinajstić information content (AvgIpc) is 3.34. The molecule has 1 atom stereocenters. The maximum atomic E-state index is 12.5. The molecular weight excluding hydrogens is 399 g/mol. The third kappa shape index (κ3) is 4.29. The second-order valence-electron chi connectivity index (χ2n) is 6.96. The van der Waals surface area contributed by atoms with Crippen LogP contribution in [0.4, 0.5) is 18.9 Å². The number of alkyl halides is 3. The van der Waals surface area contributed by atoms with Gasteiger partial charge in [0.15, 0.2) is 5.82 Å². The highest BCUT2D eigenvalue weighted by atomic mass is 19.4. The molecule has 1 aromatic heterocycles. The Labute approximate surface area is 170 Å². The number of nitrogens with zero attached hydrogens (tertiary/aromatic N) is 3. The van der Waals surface area contributed by atoms with Crippen molar-refractivity contribution in [2.45, 2.75) is 32.0 Å². The number of amides is 1. The Morgan fingerprint density at radius 1 is 1.20 bits per heavy atom. The summed E-state index contributed by atoms with van der Waals surface area (Å²) in [6.45, 7) is 2.46. The van der Waals surface area contributed by atoms with E-state index in [1.807, 2.05) is 24.3 Å². The average molecular weight is 417 g/mol. The molecule has 3 aromatic rings. The van der Waals surface area contributed by atoms with Crippen molar-refractivity contribution in [1.82, 2.24) is 10.1 Å². The standard InChI is InChI=1S/C21H18F3N3O3/c1-2-13-6-8-16(9-7-13)27-12-15(11-18(27)28)19-25-20(30-26-19)14-4-3-5-17(10-14)29-21(22,23)24/h3-10,15H,2,11-12H2,1H3/t15-/m0/s1. The van der Waals surface area contributed by atoms with Crippen LogP contribution in [0.3, 0.4) is 0 Å². The van der Waals surface area contributed by atoms with Crippen molar-refractivity contribution in [2.75, 3.05) is 11.4 Å². The van der Waals surface area contributed by atoms with Crippen LogP contribution in [0.1, 0.15) is 30.7 Å². The van der Waals surface area contributed by atoms with Gasteiger partial charge >= 0.3 is 6.36 Å². The highest BCUT2D eigenvalue weighted by Gasteiger charge is 2.35. The van der Waals surface area contributed by atoms with Gasteiger partial charge in [0.2, 0.25) is 5.91 Å². The van der Waals surface area contributed by atoms with Gasteiger partial charge in [-0.15, -0.1) is 13.2 Å². The predicted octanol–water partition coefficient (Wildman–Crippen LogP) is 4.72. The van der Waals surface area contributed by atoms with Crippen LogP contribution in [0.25, 0.3) is 11.5 Å². The normalized spacial score (nSPS) is 16.9. The zero-order valence-electron chi connectivity index (χ0n) is 16.0. The van der Waals surface area contributed by atoms with Crippen molar-refractivity contribution in [3.8, 4) is 17.2 Å². The molecule has 1 saturated heterocycles. The first-order valence-corrected chi connectivity index (χ1v) is 9.41. The molecule has 30 heavy (non-hydrogen) atoms. The van der Waals surface area contributed by atoms with E-state index in [0.29, 0.717) is 17.9 Å². The van der Waals surface area contributed by atoms with Crippen LogP contribution >= 0.6 is 0 Å². The first-order chi connectivity index (χ1) is 14.3. The molecule has 6 nitrogen and oxygen atoms in total. The van der Waals surface area contributed by atoms with Crippen LogP contribution in [0.15, 0.2) is 53.1 Å². The minimum Gasteiger partial charge on any atom is -0.406 e. The summed E-state index contributed by atoms with van der Waals surface area (Å²) in [4.78, 5) is 18.5. The minimum absolute atomic E-state index is 0.0452. The summed E-state index contributed by atoms with van der Waals surface area (Å²) < 4.78 is 46.4. The second kappa shape index (κ2) is 7.81. The molecule has 156 valence electrons. The zero-order chi connectivity index (χ0) is 21.3. The summed E-state index contributed by atoms with van der Waals surface area (Å²) in [6, 6.07) is 13.1. The second-order valence-corrected chi connectivity index (χ2v) is 6.96. The molecule has 1 fully saturated rings. The fourth-order valence-corrected chi connectivity index (χ4v) is 3.39. The van der Waals surface area contributed by atoms with Crippen molar-refractivity contribution < 1.29 is 27.2 Å². The summed E-state index contributed by atoms with van der Waals surface area (Å²) >= 11 is 0. The topological polar surface area (TPSA) is 68.5 Å². The highest BCUT2D eigenvalue weighted by molar-refractivity contribution is 5.96. The lowest BCUT2D eigenvalue weighted by molar-refractivity contribution is -0.274. The first-order valence-electron chi connectivity index (χ1n) is 9.41. The van der Waals surface area contributed by atoms with Crippen molar-refractivity contribution in [1.29, 1.82) is 0 Å². The van der Waals surface area contributed by atoms with E-state index in [0.717, 1.165) is 12.1 Å². The number of hydrogen-bond donors (Lipinski definition) is 0. The number of aryl methyl sites for hydroxylation is 1. The van der Waals surface area contributed by atoms with Gasteiger partial charge < -0.3 is 14.2 Å². The molecule has 4 rings (SSSR count). The number of carbonyl (C=O) groups excluding carboxylic acids is 1. The van der Waals surface area contributed by atoms with Gasteiger partial charge in [-0.05, 0) is 42.3 Å². The summed E-state index contributed by atoms with van der Waals surface area (Å²) in [5.41, 5.74) is 2.29. The monoisotopic (exact) mass is 417 g/mol. The Morgan fingerprint density at radius 3 is 2.67 bits per heavy atom. The van der Waals surface area contributed by atoms with Crippen LogP contribution in [-0.4, -0.2) is 29.0 Å². The maximum Gasteiger partial charge on any atom is 0.573 e. The third-order valence-corrected chi connectivity index (χ3v) is 4.90. The largest absolute Gasteiger partial charge is 0.573 e. The van der Waals surface area contributed by atoms with Crippen LogP contribution in [0, 0.1) is 0 Å². The summed E-state index contributed by atoms with van der Waals surface area (Å²) in [7, 11) is 0. The molecule has 0 spiro atoms. The number of hydrogen-bond acceptors (Lipinski definition) is 5. The summed E-state index contributed by atoms with van der Waals surface area (Å²) in [5.74, 6) is -0.284. The molecule has 0 unspecified atom stereocenters. The summed E-state index contributed by atoms with van der Waals surface area (Å²) in [5, 5.41) is 3.94. The molecule has 1 aliphatic rings. The Balaban J connectivity index is 1.50. The maximum absolute atomic E-state index is 12.5. The lowest BCUT2D eigenvalue weighted by atomic mass is 10.1. The lowest BCUT2D eigenvalue weighted by Gasteiger charge is -2.16. The van der Waals surface area contributed by atoms with Crippen LogP contribution < -0.4 is 9.64 Å². The fourth-order valence-electron chi connectivity index (χ4n) is 3.39. The van der Waals surface area contributed by atoms with Crippen LogP contribution in [0.5, 0.6) is 5.75 Å². The van der Waals surface area contributed by atoms with E-state index in [4.69, 9.17) is 4.52 Å². The molecule has 0 radical (unpaired) electrons. The number of ether oxygens (including phenoxy) is 1. The molecule has 2 aromatic carbocycles. The van der Waals surface area contributed by atoms with E-state index >= 15 is 0 Å². The molecule has 0 saturated carbocycles. The van der Waals surface area contributed by atoms with Crippen molar-refractivity contribution in [3.63, 3.8) is 0 Å². The predicted molar refractivity (Wildman–Crippen MR) is 102 cm³/mol. The van der Waals surface area contributed by atoms with E-state index in [1.54, 1.807) is 11.0 Å². The molecule has 1 amide bonds. The van der Waals surface area contributed by atoms with Crippen LogP contribution in [-0.2, 0) is 11.2 Å². The molecule has 2 heterocycles. The van der Waals surface area contributed by atoms with E-state index in [-0.39, 0.29) is 29.9 Å². The minimum atomic E-state index is -4.79. The van der Waals surface area contributed by atoms with Crippen molar-refractivity contribution >= 4 is 11.6 Å². The van der Waals surface area contributed by atoms with E-state index in [1.165, 1.54) is 23.8 Å². The molecule has 9 heteroatoms. The van der Waals surface area contributed by atoms with Crippen LogP contribution in [0.2, 0.25) is 0 Å². The third-order valence-electron chi connectivity index (χ3n) is 4.90. The van der Waals surface area contributed by atoms with Gasteiger partial charge in [-0.3, -0.25) is 4.79 Å². The lowest BCUT2D eigenvalue weighted by Crippen LogP contribution is -2.24. The Hall–Kier alpha value is -3.36. The first kappa shape index (κ1) is 19.9. The Kier molecular flexibility index (Phi) is 5.19. The molecule has 1 aliphatic heterocycles. The molecule has 0 N–H and O–H groups in total. The number of carbonyl (C=O) groups is 1. The SMILES string of the molecule is CCc1ccc(N2C[C@@H](c3noc(-c4cccc(OC(F)(F)F)c4)n3)CC2=O)cc1. The van der Waals surface area contributed by atoms with Crippen molar-refractivity contribution in [2.24, 2.45) is 0 Å². The number of rotatable bonds is 5. The van der Waals surface area contributed by atoms with Gasteiger partial charge in [0, 0.05) is 30.1 Å². The van der Waals surface area contributed by atoms with Gasteiger partial charge in [0.05, 0.1) is 0 Å². The quantitative estimate of drug-likeness (QED) is 0.601. The molecule has 0 bridgehead atoms. The van der Waals surface area contributed by atoms with Crippen molar-refractivity contribution in [3.05, 3.63) is 59.9 Å². The smallest absolute Gasteiger partial charge is 0.406 e. The Morgan fingerprint density at radius 2 is 1.97 bits per heavy atom. The highest BCUT2D eigenvalue weighted by Crippen LogP contribution is 2.32. The van der Waals surface area contributed by atoms with Gasteiger partial charge in [0.1, 0.15) is 5.75 Å². The van der Waals surface area contributed by atoms with E-state index in [9.17, 15) is 18.0 Å². The summed E-state index contributed by atoms with van der Waals surface area (Å²) in [6.07, 6.45) is -3.65. The Bertz CT molecular complexity index is 1050. The van der Waals surface area contributed by atoms with E-state index < -0.39 is 6.36 Å². The van der Waals surface area contributed by atoms with Gasteiger partial charge in [-0.1, -0.05) is 30.3 Å². The molecule has 0 aliphatic carbocycles. The number of halogens is 3. The van der Waals surface area contributed by atoms with E-state index in [2.05, 4.69) is 21.8 Å². The van der Waals surface area contributed by atoms with Gasteiger partial charge in [0.25, 0.3) is 5.89 Å².